The Morgan fingerprint density at radius 3 is 2.67 bits per heavy atom. The third-order valence-electron chi connectivity index (χ3n) is 3.66. The number of benzene rings is 1. The lowest BCUT2D eigenvalue weighted by atomic mass is 10.1. The molecule has 0 radical (unpaired) electrons. The van der Waals surface area contributed by atoms with Crippen LogP contribution in [0.4, 0.5) is 5.82 Å². The van der Waals surface area contributed by atoms with Crippen LogP contribution in [-0.4, -0.2) is 14.5 Å². The highest BCUT2D eigenvalue weighted by atomic mass is 79.9. The highest BCUT2D eigenvalue weighted by Crippen LogP contribution is 2.35. The van der Waals surface area contributed by atoms with E-state index in [9.17, 15) is 0 Å². The summed E-state index contributed by atoms with van der Waals surface area (Å²) < 4.78 is 2.98. The number of anilines is 1. The quantitative estimate of drug-likeness (QED) is 0.761. The lowest BCUT2D eigenvalue weighted by Gasteiger charge is -2.06. The van der Waals surface area contributed by atoms with E-state index in [1.54, 1.807) is 6.20 Å². The first-order valence-electron chi connectivity index (χ1n) is 6.86. The molecular weight excluding hydrogens is 328 g/mol. The van der Waals surface area contributed by atoms with Crippen molar-refractivity contribution in [2.45, 2.75) is 19.8 Å². The Morgan fingerprint density at radius 2 is 2.00 bits per heavy atom. The molecule has 3 aromatic rings. The summed E-state index contributed by atoms with van der Waals surface area (Å²) in [6, 6.07) is 8.00. The molecule has 0 bridgehead atoms. The fourth-order valence-corrected chi connectivity index (χ4v) is 3.02. The zero-order chi connectivity index (χ0) is 15.1. The van der Waals surface area contributed by atoms with Crippen LogP contribution < -0.4 is 5.73 Å². The number of halogens is 1. The van der Waals surface area contributed by atoms with Gasteiger partial charge in [0.2, 0.25) is 0 Å². The largest absolute Gasteiger partial charge is 0.383 e. The van der Waals surface area contributed by atoms with E-state index < -0.39 is 0 Å². The van der Waals surface area contributed by atoms with Crippen molar-refractivity contribution in [3.05, 3.63) is 40.8 Å². The SMILES string of the molecule is CC(C)c1nc(-c2ccc(Br)c3cccnc23)c(N)n1C. The topological polar surface area (TPSA) is 56.7 Å². The van der Waals surface area contributed by atoms with E-state index in [1.165, 1.54) is 0 Å². The van der Waals surface area contributed by atoms with Crippen molar-refractivity contribution >= 4 is 32.7 Å². The molecule has 2 aromatic heterocycles. The van der Waals surface area contributed by atoms with Gasteiger partial charge in [-0.15, -0.1) is 0 Å². The summed E-state index contributed by atoms with van der Waals surface area (Å²) in [6.45, 7) is 4.23. The molecule has 5 heteroatoms. The van der Waals surface area contributed by atoms with Crippen molar-refractivity contribution in [1.82, 2.24) is 14.5 Å². The summed E-state index contributed by atoms with van der Waals surface area (Å²) in [6.07, 6.45) is 1.79. The molecule has 0 saturated carbocycles. The predicted molar refractivity (Wildman–Crippen MR) is 90.1 cm³/mol. The molecule has 2 heterocycles. The molecule has 1 aromatic carbocycles. The van der Waals surface area contributed by atoms with Crippen molar-refractivity contribution in [3.8, 4) is 11.3 Å². The van der Waals surface area contributed by atoms with Gasteiger partial charge in [0.05, 0.1) is 5.52 Å². The lowest BCUT2D eigenvalue weighted by Crippen LogP contribution is -2.02. The number of nitrogen functional groups attached to an aromatic ring is 1. The number of imidazole rings is 1. The van der Waals surface area contributed by atoms with Gasteiger partial charge in [-0.05, 0) is 18.2 Å². The molecule has 0 saturated heterocycles. The summed E-state index contributed by atoms with van der Waals surface area (Å²) in [5, 5.41) is 1.06. The van der Waals surface area contributed by atoms with Crippen LogP contribution in [0.25, 0.3) is 22.2 Å². The Kier molecular flexibility index (Phi) is 3.45. The number of rotatable bonds is 2. The average Bonchev–Trinajstić information content (AvgIpc) is 2.77. The minimum absolute atomic E-state index is 0.320. The van der Waals surface area contributed by atoms with E-state index in [4.69, 9.17) is 10.7 Å². The fraction of sp³-hybridized carbons (Fsp3) is 0.250. The summed E-state index contributed by atoms with van der Waals surface area (Å²) in [5.74, 6) is 1.98. The van der Waals surface area contributed by atoms with Crippen LogP contribution in [0.2, 0.25) is 0 Å². The highest BCUT2D eigenvalue weighted by Gasteiger charge is 2.18. The van der Waals surface area contributed by atoms with Crippen LogP contribution in [-0.2, 0) is 7.05 Å². The monoisotopic (exact) mass is 344 g/mol. The first-order valence-corrected chi connectivity index (χ1v) is 7.65. The first kappa shape index (κ1) is 14.1. The van der Waals surface area contributed by atoms with E-state index >= 15 is 0 Å². The average molecular weight is 345 g/mol. The van der Waals surface area contributed by atoms with Gasteiger partial charge in [-0.3, -0.25) is 4.98 Å². The second-order valence-electron chi connectivity index (χ2n) is 5.41. The first-order chi connectivity index (χ1) is 10.0. The molecule has 0 aliphatic carbocycles. The lowest BCUT2D eigenvalue weighted by molar-refractivity contribution is 0.715. The standard InChI is InChI=1S/C16H17BrN4/c1-9(2)16-20-14(15(18)21(16)3)11-6-7-12(17)10-5-4-8-19-13(10)11/h4-9H,18H2,1-3H3. The Morgan fingerprint density at radius 1 is 1.24 bits per heavy atom. The zero-order valence-electron chi connectivity index (χ0n) is 12.3. The van der Waals surface area contributed by atoms with Crippen molar-refractivity contribution in [1.29, 1.82) is 0 Å². The number of pyridine rings is 1. The van der Waals surface area contributed by atoms with E-state index in [0.717, 1.165) is 32.5 Å². The number of fused-ring (bicyclic) bond motifs is 1. The molecule has 21 heavy (non-hydrogen) atoms. The maximum Gasteiger partial charge on any atom is 0.131 e. The Balaban J connectivity index is 2.32. The summed E-state index contributed by atoms with van der Waals surface area (Å²) in [4.78, 5) is 9.25. The molecular formula is C16H17BrN4. The molecule has 0 fully saturated rings. The highest BCUT2D eigenvalue weighted by molar-refractivity contribution is 9.10. The molecule has 0 aliphatic heterocycles. The van der Waals surface area contributed by atoms with Crippen molar-refractivity contribution in [2.24, 2.45) is 7.05 Å². The van der Waals surface area contributed by atoms with Gasteiger partial charge in [0.15, 0.2) is 0 Å². The van der Waals surface area contributed by atoms with Gasteiger partial charge in [-0.2, -0.15) is 0 Å². The molecule has 0 aliphatic rings. The normalized spacial score (nSPS) is 11.5. The fourth-order valence-electron chi connectivity index (χ4n) is 2.57. The summed E-state index contributed by atoms with van der Waals surface area (Å²) in [5.41, 5.74) is 8.94. The maximum absolute atomic E-state index is 6.26. The van der Waals surface area contributed by atoms with Crippen LogP contribution in [0, 0.1) is 0 Å². The Labute approximate surface area is 132 Å². The minimum Gasteiger partial charge on any atom is -0.383 e. The second-order valence-corrected chi connectivity index (χ2v) is 6.27. The van der Waals surface area contributed by atoms with Gasteiger partial charge >= 0.3 is 0 Å². The zero-order valence-corrected chi connectivity index (χ0v) is 13.8. The number of nitrogens with zero attached hydrogens (tertiary/aromatic N) is 3. The molecule has 0 unspecified atom stereocenters. The number of hydrogen-bond acceptors (Lipinski definition) is 3. The van der Waals surface area contributed by atoms with Gasteiger partial charge in [0.25, 0.3) is 0 Å². The number of hydrogen-bond donors (Lipinski definition) is 1. The van der Waals surface area contributed by atoms with Gasteiger partial charge in [-0.25, -0.2) is 4.98 Å². The molecule has 4 nitrogen and oxygen atoms in total. The molecule has 0 amide bonds. The molecule has 0 atom stereocenters. The van der Waals surface area contributed by atoms with E-state index in [0.29, 0.717) is 11.7 Å². The molecule has 108 valence electrons. The summed E-state index contributed by atoms with van der Waals surface area (Å²) >= 11 is 3.57. The van der Waals surface area contributed by atoms with Gasteiger partial charge in [0.1, 0.15) is 17.3 Å². The number of nitrogens with two attached hydrogens (primary N) is 1. The van der Waals surface area contributed by atoms with Crippen molar-refractivity contribution in [2.75, 3.05) is 5.73 Å². The van der Waals surface area contributed by atoms with Crippen LogP contribution in [0.5, 0.6) is 0 Å². The van der Waals surface area contributed by atoms with Gasteiger partial charge in [0, 0.05) is 34.6 Å². The maximum atomic E-state index is 6.26. The predicted octanol–water partition coefficient (Wildman–Crippen LogP) is 4.10. The number of aromatic nitrogens is 3. The van der Waals surface area contributed by atoms with Gasteiger partial charge < -0.3 is 10.3 Å². The molecule has 0 spiro atoms. The molecule has 3 rings (SSSR count). The van der Waals surface area contributed by atoms with E-state index in [2.05, 4.69) is 34.8 Å². The third kappa shape index (κ3) is 2.21. The Hall–Kier alpha value is -1.88. The summed E-state index contributed by atoms with van der Waals surface area (Å²) in [7, 11) is 1.95. The van der Waals surface area contributed by atoms with Crippen LogP contribution in [0.1, 0.15) is 25.6 Å². The second kappa shape index (κ2) is 5.15. The minimum atomic E-state index is 0.320. The van der Waals surface area contributed by atoms with Crippen LogP contribution >= 0.6 is 15.9 Å². The molecule has 2 N–H and O–H groups in total. The third-order valence-corrected chi connectivity index (χ3v) is 4.35. The van der Waals surface area contributed by atoms with Crippen LogP contribution in [0.15, 0.2) is 34.9 Å². The van der Waals surface area contributed by atoms with Crippen LogP contribution in [0.3, 0.4) is 0 Å². The van der Waals surface area contributed by atoms with E-state index in [1.807, 2.05) is 35.9 Å². The van der Waals surface area contributed by atoms with Crippen molar-refractivity contribution in [3.63, 3.8) is 0 Å². The Bertz CT molecular complexity index is 821. The smallest absolute Gasteiger partial charge is 0.131 e. The van der Waals surface area contributed by atoms with E-state index in [-0.39, 0.29) is 0 Å². The van der Waals surface area contributed by atoms with Gasteiger partial charge in [-0.1, -0.05) is 35.8 Å². The van der Waals surface area contributed by atoms with Crippen molar-refractivity contribution < 1.29 is 0 Å².